The molecule has 1 atom stereocenters. The van der Waals surface area contributed by atoms with Gasteiger partial charge in [-0.2, -0.15) is 0 Å². The monoisotopic (exact) mass is 322 g/mol. The van der Waals surface area contributed by atoms with Gasteiger partial charge >= 0.3 is 0 Å². The maximum absolute atomic E-state index is 12.0. The molecule has 1 aliphatic heterocycles. The molecule has 1 saturated heterocycles. The Kier molecular flexibility index (Phi) is 5.00. The van der Waals surface area contributed by atoms with E-state index in [9.17, 15) is 9.59 Å². The number of thiocarbonyl (C=S) groups is 1. The molecule has 4 nitrogen and oxygen atoms in total. The maximum Gasteiger partial charge on any atom is 0.241 e. The summed E-state index contributed by atoms with van der Waals surface area (Å²) in [6.07, 6.45) is 0.242. The number of carbonyl (C=O) groups is 2. The molecule has 1 aromatic rings. The highest BCUT2D eigenvalue weighted by atomic mass is 32.2. The fourth-order valence-corrected chi connectivity index (χ4v) is 3.71. The zero-order valence-corrected chi connectivity index (χ0v) is 13.9. The van der Waals surface area contributed by atoms with Crippen LogP contribution in [0.25, 0.3) is 0 Å². The van der Waals surface area contributed by atoms with Crippen molar-refractivity contribution in [2.45, 2.75) is 32.4 Å². The molecular weight excluding hydrogens is 304 g/mol. The van der Waals surface area contributed by atoms with Gasteiger partial charge < -0.3 is 5.32 Å². The van der Waals surface area contributed by atoms with Gasteiger partial charge in [-0.1, -0.05) is 30.0 Å². The van der Waals surface area contributed by atoms with Crippen LogP contribution in [0.3, 0.4) is 0 Å². The van der Waals surface area contributed by atoms with Gasteiger partial charge in [0.25, 0.3) is 0 Å². The molecule has 21 heavy (non-hydrogen) atoms. The largest absolute Gasteiger partial charge is 0.326 e. The lowest BCUT2D eigenvalue weighted by molar-refractivity contribution is -0.126. The van der Waals surface area contributed by atoms with Gasteiger partial charge in [0.1, 0.15) is 4.32 Å². The van der Waals surface area contributed by atoms with E-state index in [-0.39, 0.29) is 23.5 Å². The first kappa shape index (κ1) is 16.0. The predicted molar refractivity (Wildman–Crippen MR) is 90.5 cm³/mol. The fraction of sp³-hybridized carbons (Fsp3) is 0.400. The van der Waals surface area contributed by atoms with Crippen LogP contribution in [-0.4, -0.2) is 32.8 Å². The average Bonchev–Trinajstić information content (AvgIpc) is 2.60. The van der Waals surface area contributed by atoms with E-state index in [0.717, 1.165) is 16.8 Å². The number of aryl methyl sites for hydroxylation is 2. The molecule has 0 bridgehead atoms. The van der Waals surface area contributed by atoms with Crippen LogP contribution in [0.2, 0.25) is 0 Å². The van der Waals surface area contributed by atoms with Crippen LogP contribution in [0.15, 0.2) is 18.2 Å². The predicted octanol–water partition coefficient (Wildman–Crippen LogP) is 2.88. The fourth-order valence-electron chi connectivity index (χ4n) is 2.26. The van der Waals surface area contributed by atoms with E-state index in [1.54, 1.807) is 0 Å². The number of nitrogens with one attached hydrogen (secondary N) is 1. The summed E-state index contributed by atoms with van der Waals surface area (Å²) < 4.78 is 0.562. The van der Waals surface area contributed by atoms with Gasteiger partial charge in [-0.15, -0.1) is 0 Å². The van der Waals surface area contributed by atoms with Crippen LogP contribution >= 0.6 is 24.0 Å². The summed E-state index contributed by atoms with van der Waals surface area (Å²) in [5.74, 6) is -0.121. The Balaban J connectivity index is 1.90. The number of benzene rings is 1. The highest BCUT2D eigenvalue weighted by molar-refractivity contribution is 8.24. The van der Waals surface area contributed by atoms with Crippen LogP contribution in [0.5, 0.6) is 0 Å². The topological polar surface area (TPSA) is 49.4 Å². The van der Waals surface area contributed by atoms with Gasteiger partial charge in [0.05, 0.1) is 5.25 Å². The summed E-state index contributed by atoms with van der Waals surface area (Å²) in [5.41, 5.74) is 2.99. The van der Waals surface area contributed by atoms with E-state index in [4.69, 9.17) is 12.2 Å². The molecule has 6 heteroatoms. The summed E-state index contributed by atoms with van der Waals surface area (Å²) in [4.78, 5) is 25.4. The normalized spacial score (nSPS) is 18.2. The van der Waals surface area contributed by atoms with Crippen LogP contribution in [0.1, 0.15) is 24.5 Å². The molecule has 1 aliphatic rings. The van der Waals surface area contributed by atoms with Crippen molar-refractivity contribution in [3.8, 4) is 0 Å². The van der Waals surface area contributed by atoms with E-state index >= 15 is 0 Å². The third-order valence-corrected chi connectivity index (χ3v) is 4.67. The summed E-state index contributed by atoms with van der Waals surface area (Å²) in [6, 6.07) is 5.90. The van der Waals surface area contributed by atoms with Gasteiger partial charge in [0.2, 0.25) is 11.8 Å². The van der Waals surface area contributed by atoms with Gasteiger partial charge in [0.15, 0.2) is 0 Å². The first-order valence-corrected chi connectivity index (χ1v) is 8.06. The van der Waals surface area contributed by atoms with Crippen molar-refractivity contribution in [1.29, 1.82) is 0 Å². The number of rotatable bonds is 4. The second kappa shape index (κ2) is 6.58. The van der Waals surface area contributed by atoms with Crippen molar-refractivity contribution < 1.29 is 9.59 Å². The van der Waals surface area contributed by atoms with Crippen molar-refractivity contribution in [3.63, 3.8) is 0 Å². The molecule has 1 fully saturated rings. The van der Waals surface area contributed by atoms with Crippen LogP contribution in [0.4, 0.5) is 5.69 Å². The quantitative estimate of drug-likeness (QED) is 0.866. The number of anilines is 1. The number of hydrogen-bond donors (Lipinski definition) is 1. The third-order valence-electron chi connectivity index (χ3n) is 3.18. The van der Waals surface area contributed by atoms with E-state index in [0.29, 0.717) is 10.9 Å². The third kappa shape index (κ3) is 4.04. The van der Waals surface area contributed by atoms with E-state index < -0.39 is 0 Å². The van der Waals surface area contributed by atoms with Crippen LogP contribution in [0, 0.1) is 13.8 Å². The molecule has 1 heterocycles. The van der Waals surface area contributed by atoms with Crippen molar-refractivity contribution in [2.75, 3.05) is 11.9 Å². The van der Waals surface area contributed by atoms with Crippen molar-refractivity contribution in [3.05, 3.63) is 29.3 Å². The molecule has 1 unspecified atom stereocenters. The van der Waals surface area contributed by atoms with Crippen LogP contribution in [-0.2, 0) is 9.59 Å². The Hall–Kier alpha value is -1.40. The summed E-state index contributed by atoms with van der Waals surface area (Å²) in [6.45, 7) is 6.14. The van der Waals surface area contributed by atoms with E-state index in [2.05, 4.69) is 11.4 Å². The highest BCUT2D eigenvalue weighted by Crippen LogP contribution is 2.26. The molecule has 0 saturated carbocycles. The second-order valence-electron chi connectivity index (χ2n) is 5.19. The van der Waals surface area contributed by atoms with E-state index in [1.165, 1.54) is 16.7 Å². The first-order chi connectivity index (χ1) is 9.86. The minimum atomic E-state index is -0.139. The molecule has 2 rings (SSSR count). The molecule has 1 aromatic carbocycles. The Morgan fingerprint density at radius 1 is 1.33 bits per heavy atom. The zero-order valence-electron chi connectivity index (χ0n) is 12.3. The number of hydrogen-bond acceptors (Lipinski definition) is 4. The number of thioether (sulfide) groups is 1. The molecule has 1 N–H and O–H groups in total. The maximum atomic E-state index is 12.0. The smallest absolute Gasteiger partial charge is 0.241 e. The lowest BCUT2D eigenvalue weighted by atomic mass is 10.1. The SMILES string of the molecule is Cc1cc(C)cc(NC(=O)CCN2C(=O)C(C)SC2=S)c1. The molecule has 0 aromatic heterocycles. The van der Waals surface area contributed by atoms with Crippen molar-refractivity contribution >= 4 is 45.8 Å². The van der Waals surface area contributed by atoms with Gasteiger partial charge in [-0.3, -0.25) is 14.5 Å². The molecule has 0 aliphatic carbocycles. The molecule has 112 valence electrons. The van der Waals surface area contributed by atoms with Crippen molar-refractivity contribution in [2.24, 2.45) is 0 Å². The summed E-state index contributed by atoms with van der Waals surface area (Å²) in [5, 5.41) is 2.72. The highest BCUT2D eigenvalue weighted by Gasteiger charge is 2.33. The Morgan fingerprint density at radius 2 is 1.95 bits per heavy atom. The van der Waals surface area contributed by atoms with Gasteiger partial charge in [-0.05, 0) is 44.0 Å². The number of nitrogens with zero attached hydrogens (tertiary/aromatic N) is 1. The molecule has 0 radical (unpaired) electrons. The number of amides is 2. The first-order valence-electron chi connectivity index (χ1n) is 6.77. The summed E-state index contributed by atoms with van der Waals surface area (Å²) in [7, 11) is 0. The molecule has 2 amide bonds. The Bertz CT molecular complexity index is 581. The number of carbonyl (C=O) groups excluding carboxylic acids is 2. The zero-order chi connectivity index (χ0) is 15.6. The Labute approximate surface area is 134 Å². The van der Waals surface area contributed by atoms with E-state index in [1.807, 2.05) is 32.9 Å². The van der Waals surface area contributed by atoms with Crippen molar-refractivity contribution in [1.82, 2.24) is 4.90 Å². The lowest BCUT2D eigenvalue weighted by Gasteiger charge is -2.15. The van der Waals surface area contributed by atoms with Gasteiger partial charge in [-0.25, -0.2) is 0 Å². The average molecular weight is 322 g/mol. The minimum absolute atomic E-state index is 0.01000. The molecule has 0 spiro atoms. The Morgan fingerprint density at radius 3 is 2.48 bits per heavy atom. The van der Waals surface area contributed by atoms with Gasteiger partial charge in [0, 0.05) is 18.7 Å². The lowest BCUT2D eigenvalue weighted by Crippen LogP contribution is -2.33. The standard InChI is InChI=1S/C15H18N2O2S2/c1-9-6-10(2)8-12(7-9)16-13(18)4-5-17-14(19)11(3)21-15(17)20/h6-8,11H,4-5H2,1-3H3,(H,16,18). The molecular formula is C15H18N2O2S2. The second-order valence-corrected chi connectivity index (χ2v) is 7.17. The summed E-state index contributed by atoms with van der Waals surface area (Å²) >= 11 is 6.52. The minimum Gasteiger partial charge on any atom is -0.326 e. The van der Waals surface area contributed by atoms with Crippen LogP contribution < -0.4 is 5.32 Å².